The molecule has 3 rings (SSSR count). The van der Waals surface area contributed by atoms with Gasteiger partial charge in [-0.05, 0) is 45.1 Å². The predicted molar refractivity (Wildman–Crippen MR) is 75.9 cm³/mol. The van der Waals surface area contributed by atoms with Crippen molar-refractivity contribution in [3.8, 4) is 0 Å². The summed E-state index contributed by atoms with van der Waals surface area (Å²) >= 11 is 0. The van der Waals surface area contributed by atoms with Crippen molar-refractivity contribution in [2.75, 3.05) is 31.2 Å². The molecule has 0 atom stereocenters. The van der Waals surface area contributed by atoms with Gasteiger partial charge in [-0.25, -0.2) is 4.98 Å². The summed E-state index contributed by atoms with van der Waals surface area (Å²) < 4.78 is 0. The van der Waals surface area contributed by atoms with Gasteiger partial charge < -0.3 is 16.0 Å². The average molecular weight is 258 g/mol. The fraction of sp³-hybridized carbons (Fsp3) is 0.462. The van der Waals surface area contributed by atoms with Crippen molar-refractivity contribution in [3.05, 3.63) is 18.3 Å². The molecule has 1 saturated heterocycles. The van der Waals surface area contributed by atoms with Crippen molar-refractivity contribution in [2.24, 2.45) is 0 Å². The summed E-state index contributed by atoms with van der Waals surface area (Å²) in [7, 11) is 2.14. The number of rotatable bonds is 2. The van der Waals surface area contributed by atoms with Crippen LogP contribution in [0.4, 0.5) is 11.8 Å². The van der Waals surface area contributed by atoms with E-state index in [1.54, 1.807) is 6.20 Å². The lowest BCUT2D eigenvalue weighted by Crippen LogP contribution is -2.37. The number of anilines is 2. The highest BCUT2D eigenvalue weighted by atomic mass is 15.2. The van der Waals surface area contributed by atoms with Crippen molar-refractivity contribution in [1.82, 2.24) is 19.9 Å². The Hall–Kier alpha value is -1.95. The number of nitrogen functional groups attached to an aromatic ring is 1. The van der Waals surface area contributed by atoms with Crippen molar-refractivity contribution in [2.45, 2.75) is 18.9 Å². The summed E-state index contributed by atoms with van der Waals surface area (Å²) in [5.74, 6) is 1.06. The molecule has 0 unspecified atom stereocenters. The molecular formula is C13H18N6. The molecule has 0 radical (unpaired) electrons. The molecule has 0 bridgehead atoms. The Balaban J connectivity index is 1.81. The fourth-order valence-corrected chi connectivity index (χ4v) is 2.39. The molecule has 0 amide bonds. The van der Waals surface area contributed by atoms with Gasteiger partial charge in [-0.15, -0.1) is 0 Å². The topological polar surface area (TPSA) is 80.0 Å². The number of pyridine rings is 1. The van der Waals surface area contributed by atoms with Crippen LogP contribution in [0.5, 0.6) is 0 Å². The van der Waals surface area contributed by atoms with Gasteiger partial charge in [0.25, 0.3) is 0 Å². The SMILES string of the molecule is CN1CCC(Nc2nc(N)c3cccnc3n2)CC1. The van der Waals surface area contributed by atoms with Crippen LogP contribution < -0.4 is 11.1 Å². The minimum absolute atomic E-state index is 0.414. The zero-order valence-corrected chi connectivity index (χ0v) is 11.0. The third-order valence-electron chi connectivity index (χ3n) is 3.55. The number of nitrogens with one attached hydrogen (secondary N) is 1. The lowest BCUT2D eigenvalue weighted by atomic mass is 10.1. The van der Waals surface area contributed by atoms with Crippen LogP contribution in [0, 0.1) is 0 Å². The normalized spacial score (nSPS) is 17.7. The summed E-state index contributed by atoms with van der Waals surface area (Å²) in [5.41, 5.74) is 6.59. The summed E-state index contributed by atoms with van der Waals surface area (Å²) in [6.07, 6.45) is 3.91. The van der Waals surface area contributed by atoms with Crippen molar-refractivity contribution < 1.29 is 0 Å². The third-order valence-corrected chi connectivity index (χ3v) is 3.55. The standard InChI is InChI=1S/C13H18N6/c1-19-7-4-9(5-8-19)16-13-17-11(14)10-3-2-6-15-12(10)18-13/h2-3,6,9H,4-5,7-8H2,1H3,(H3,14,15,16,17,18). The van der Waals surface area contributed by atoms with E-state index in [0.717, 1.165) is 31.3 Å². The van der Waals surface area contributed by atoms with Crippen LogP contribution in [-0.4, -0.2) is 46.0 Å². The Morgan fingerprint density at radius 1 is 1.32 bits per heavy atom. The Morgan fingerprint density at radius 2 is 2.11 bits per heavy atom. The van der Waals surface area contributed by atoms with Crippen molar-refractivity contribution in [3.63, 3.8) is 0 Å². The maximum Gasteiger partial charge on any atom is 0.226 e. The van der Waals surface area contributed by atoms with Gasteiger partial charge in [0.05, 0.1) is 5.39 Å². The van der Waals surface area contributed by atoms with Crippen LogP contribution in [0.25, 0.3) is 11.0 Å². The third kappa shape index (κ3) is 2.58. The van der Waals surface area contributed by atoms with E-state index in [2.05, 4.69) is 32.2 Å². The Labute approximate surface area is 112 Å². The number of hydrogen-bond acceptors (Lipinski definition) is 6. The van der Waals surface area contributed by atoms with Gasteiger partial charge in [0, 0.05) is 12.2 Å². The maximum atomic E-state index is 5.94. The average Bonchev–Trinajstić information content (AvgIpc) is 2.42. The number of nitrogens with two attached hydrogens (primary N) is 1. The smallest absolute Gasteiger partial charge is 0.226 e. The predicted octanol–water partition coefficient (Wildman–Crippen LogP) is 1.11. The van der Waals surface area contributed by atoms with E-state index in [4.69, 9.17) is 5.73 Å². The van der Waals surface area contributed by atoms with Gasteiger partial charge in [-0.2, -0.15) is 9.97 Å². The highest BCUT2D eigenvalue weighted by Crippen LogP contribution is 2.19. The second-order valence-corrected chi connectivity index (χ2v) is 5.03. The molecule has 2 aromatic heterocycles. The van der Waals surface area contributed by atoms with Crippen LogP contribution in [-0.2, 0) is 0 Å². The van der Waals surface area contributed by atoms with E-state index >= 15 is 0 Å². The van der Waals surface area contributed by atoms with Gasteiger partial charge >= 0.3 is 0 Å². The number of nitrogens with zero attached hydrogens (tertiary/aromatic N) is 4. The molecule has 0 aliphatic carbocycles. The quantitative estimate of drug-likeness (QED) is 0.840. The maximum absolute atomic E-state index is 5.94. The van der Waals surface area contributed by atoms with E-state index in [0.29, 0.717) is 23.5 Å². The van der Waals surface area contributed by atoms with Crippen LogP contribution in [0.1, 0.15) is 12.8 Å². The molecular weight excluding hydrogens is 240 g/mol. The first kappa shape index (κ1) is 12.1. The molecule has 0 aromatic carbocycles. The van der Waals surface area contributed by atoms with Crippen LogP contribution in [0.2, 0.25) is 0 Å². The van der Waals surface area contributed by atoms with E-state index < -0.39 is 0 Å². The molecule has 19 heavy (non-hydrogen) atoms. The molecule has 1 fully saturated rings. The number of aromatic nitrogens is 3. The molecule has 1 aliphatic rings. The van der Waals surface area contributed by atoms with Crippen LogP contribution >= 0.6 is 0 Å². The van der Waals surface area contributed by atoms with Gasteiger partial charge in [0.2, 0.25) is 5.95 Å². The van der Waals surface area contributed by atoms with Gasteiger partial charge in [0.1, 0.15) is 5.82 Å². The summed E-state index contributed by atoms with van der Waals surface area (Å²) in [4.78, 5) is 15.3. The molecule has 0 spiro atoms. The molecule has 1 aliphatic heterocycles. The second-order valence-electron chi connectivity index (χ2n) is 5.03. The van der Waals surface area contributed by atoms with Crippen LogP contribution in [0.3, 0.4) is 0 Å². The van der Waals surface area contributed by atoms with Crippen molar-refractivity contribution in [1.29, 1.82) is 0 Å². The molecule has 100 valence electrons. The molecule has 6 nitrogen and oxygen atoms in total. The second kappa shape index (κ2) is 4.97. The summed E-state index contributed by atoms with van der Waals surface area (Å²) in [6.45, 7) is 2.19. The van der Waals surface area contributed by atoms with E-state index in [1.807, 2.05) is 12.1 Å². The van der Waals surface area contributed by atoms with Gasteiger partial charge in [-0.1, -0.05) is 0 Å². The van der Waals surface area contributed by atoms with E-state index in [1.165, 1.54) is 0 Å². The molecule has 0 saturated carbocycles. The van der Waals surface area contributed by atoms with Crippen LogP contribution in [0.15, 0.2) is 18.3 Å². The molecule has 3 N–H and O–H groups in total. The number of hydrogen-bond donors (Lipinski definition) is 2. The van der Waals surface area contributed by atoms with Gasteiger partial charge in [0.15, 0.2) is 5.65 Å². The first-order valence-electron chi connectivity index (χ1n) is 6.56. The molecule has 6 heteroatoms. The van der Waals surface area contributed by atoms with Gasteiger partial charge in [-0.3, -0.25) is 0 Å². The molecule has 3 heterocycles. The van der Waals surface area contributed by atoms with E-state index in [-0.39, 0.29) is 0 Å². The Morgan fingerprint density at radius 3 is 2.89 bits per heavy atom. The Bertz CT molecular complexity index is 576. The minimum atomic E-state index is 0.414. The van der Waals surface area contributed by atoms with Crippen molar-refractivity contribution >= 4 is 22.8 Å². The first-order valence-corrected chi connectivity index (χ1v) is 6.56. The highest BCUT2D eigenvalue weighted by molar-refractivity contribution is 5.85. The summed E-state index contributed by atoms with van der Waals surface area (Å²) in [6, 6.07) is 4.14. The fourth-order valence-electron chi connectivity index (χ4n) is 2.39. The number of fused-ring (bicyclic) bond motifs is 1. The monoisotopic (exact) mass is 258 g/mol. The largest absolute Gasteiger partial charge is 0.383 e. The first-order chi connectivity index (χ1) is 9.22. The number of piperidine rings is 1. The molecule has 2 aromatic rings. The lowest BCUT2D eigenvalue weighted by molar-refractivity contribution is 0.263. The number of likely N-dealkylation sites (tertiary alicyclic amines) is 1. The Kier molecular flexibility index (Phi) is 3.16. The zero-order valence-electron chi connectivity index (χ0n) is 11.0. The lowest BCUT2D eigenvalue weighted by Gasteiger charge is -2.29. The van der Waals surface area contributed by atoms with E-state index in [9.17, 15) is 0 Å². The highest BCUT2D eigenvalue weighted by Gasteiger charge is 2.17. The summed E-state index contributed by atoms with van der Waals surface area (Å²) in [5, 5.41) is 4.17. The zero-order chi connectivity index (χ0) is 13.2. The minimum Gasteiger partial charge on any atom is -0.383 e.